The van der Waals surface area contributed by atoms with E-state index in [0.717, 1.165) is 18.7 Å². The van der Waals surface area contributed by atoms with E-state index >= 15 is 0 Å². The molecule has 0 aliphatic heterocycles. The SMILES string of the molecule is CCCc1nc(C2CCCC2)c(N)n1C1CC1. The molecule has 0 unspecified atom stereocenters. The van der Waals surface area contributed by atoms with E-state index in [-0.39, 0.29) is 0 Å². The number of nitrogen functional groups attached to an aromatic ring is 1. The third-order valence-electron chi connectivity index (χ3n) is 4.18. The van der Waals surface area contributed by atoms with E-state index in [1.807, 2.05) is 0 Å². The van der Waals surface area contributed by atoms with Crippen LogP contribution in [0.15, 0.2) is 0 Å². The van der Waals surface area contributed by atoms with Crippen LogP contribution in [0.5, 0.6) is 0 Å². The third kappa shape index (κ3) is 1.96. The molecule has 3 heteroatoms. The summed E-state index contributed by atoms with van der Waals surface area (Å²) in [7, 11) is 0. The maximum absolute atomic E-state index is 6.36. The number of imidazole rings is 1. The molecular weight excluding hydrogens is 210 g/mol. The van der Waals surface area contributed by atoms with Crippen molar-refractivity contribution in [2.45, 2.75) is 70.3 Å². The van der Waals surface area contributed by atoms with Gasteiger partial charge in [0.1, 0.15) is 11.6 Å². The summed E-state index contributed by atoms with van der Waals surface area (Å²) in [6, 6.07) is 0.666. The molecule has 17 heavy (non-hydrogen) atoms. The van der Waals surface area contributed by atoms with Gasteiger partial charge >= 0.3 is 0 Å². The van der Waals surface area contributed by atoms with Crippen LogP contribution in [0.4, 0.5) is 5.82 Å². The van der Waals surface area contributed by atoms with Crippen LogP contribution in [-0.2, 0) is 6.42 Å². The fourth-order valence-electron chi connectivity index (χ4n) is 3.15. The van der Waals surface area contributed by atoms with Crippen molar-refractivity contribution in [2.24, 2.45) is 0 Å². The minimum absolute atomic E-state index is 0.644. The number of anilines is 1. The molecule has 0 radical (unpaired) electrons. The van der Waals surface area contributed by atoms with Crippen molar-refractivity contribution >= 4 is 5.82 Å². The van der Waals surface area contributed by atoms with Gasteiger partial charge in [-0.3, -0.25) is 0 Å². The Morgan fingerprint density at radius 2 is 1.94 bits per heavy atom. The molecule has 1 aromatic heterocycles. The Morgan fingerprint density at radius 3 is 2.53 bits per heavy atom. The van der Waals surface area contributed by atoms with Gasteiger partial charge in [0.15, 0.2) is 0 Å². The first-order chi connectivity index (χ1) is 8.31. The second-order valence-electron chi connectivity index (χ2n) is 5.63. The van der Waals surface area contributed by atoms with Crippen LogP contribution in [0, 0.1) is 0 Å². The van der Waals surface area contributed by atoms with Crippen molar-refractivity contribution in [1.82, 2.24) is 9.55 Å². The number of nitrogens with zero attached hydrogens (tertiary/aromatic N) is 2. The fraction of sp³-hybridized carbons (Fsp3) is 0.786. The Balaban J connectivity index is 1.94. The quantitative estimate of drug-likeness (QED) is 0.866. The van der Waals surface area contributed by atoms with Crippen molar-refractivity contribution < 1.29 is 0 Å². The lowest BCUT2D eigenvalue weighted by molar-refractivity contribution is 0.675. The molecule has 0 bridgehead atoms. The molecular formula is C14H23N3. The van der Waals surface area contributed by atoms with Crippen molar-refractivity contribution in [3.05, 3.63) is 11.5 Å². The molecule has 0 saturated heterocycles. The van der Waals surface area contributed by atoms with Crippen molar-refractivity contribution in [3.8, 4) is 0 Å². The number of hydrogen-bond donors (Lipinski definition) is 1. The normalized spacial score (nSPS) is 21.2. The highest BCUT2D eigenvalue weighted by Gasteiger charge is 2.32. The summed E-state index contributed by atoms with van der Waals surface area (Å²) in [5.74, 6) is 2.88. The van der Waals surface area contributed by atoms with Gasteiger partial charge in [-0.05, 0) is 32.1 Å². The van der Waals surface area contributed by atoms with Crippen LogP contribution in [0.1, 0.15) is 75.3 Å². The molecule has 0 aromatic carbocycles. The molecule has 94 valence electrons. The topological polar surface area (TPSA) is 43.8 Å². The van der Waals surface area contributed by atoms with Crippen LogP contribution >= 0.6 is 0 Å². The van der Waals surface area contributed by atoms with Crippen molar-refractivity contribution in [1.29, 1.82) is 0 Å². The highest BCUT2D eigenvalue weighted by molar-refractivity contribution is 5.42. The summed E-state index contributed by atoms with van der Waals surface area (Å²) < 4.78 is 2.34. The predicted octanol–water partition coefficient (Wildman–Crippen LogP) is 3.41. The van der Waals surface area contributed by atoms with Gasteiger partial charge in [0.25, 0.3) is 0 Å². The van der Waals surface area contributed by atoms with Gasteiger partial charge < -0.3 is 10.3 Å². The second-order valence-corrected chi connectivity index (χ2v) is 5.63. The van der Waals surface area contributed by atoms with Gasteiger partial charge in [-0.25, -0.2) is 4.98 Å². The van der Waals surface area contributed by atoms with E-state index in [2.05, 4.69) is 11.5 Å². The number of hydrogen-bond acceptors (Lipinski definition) is 2. The average molecular weight is 233 g/mol. The van der Waals surface area contributed by atoms with Gasteiger partial charge in [-0.2, -0.15) is 0 Å². The monoisotopic (exact) mass is 233 g/mol. The molecule has 1 aromatic rings. The standard InChI is InChI=1S/C14H23N3/c1-2-5-12-16-13(10-6-3-4-7-10)14(15)17(12)11-8-9-11/h10-11H,2-9,15H2,1H3. The van der Waals surface area contributed by atoms with Gasteiger partial charge in [0.05, 0.1) is 5.69 Å². The first-order valence-electron chi connectivity index (χ1n) is 7.17. The summed E-state index contributed by atoms with van der Waals surface area (Å²) in [6.45, 7) is 2.22. The zero-order valence-corrected chi connectivity index (χ0v) is 10.8. The number of rotatable bonds is 4. The maximum Gasteiger partial charge on any atom is 0.127 e. The van der Waals surface area contributed by atoms with E-state index in [9.17, 15) is 0 Å². The smallest absolute Gasteiger partial charge is 0.127 e. The second kappa shape index (κ2) is 4.35. The highest BCUT2D eigenvalue weighted by Crippen LogP contribution is 2.43. The van der Waals surface area contributed by atoms with Crippen molar-refractivity contribution in [3.63, 3.8) is 0 Å². The zero-order chi connectivity index (χ0) is 11.8. The molecule has 2 N–H and O–H groups in total. The van der Waals surface area contributed by atoms with Crippen LogP contribution < -0.4 is 5.73 Å². The zero-order valence-electron chi connectivity index (χ0n) is 10.8. The molecule has 2 aliphatic rings. The van der Waals surface area contributed by atoms with Gasteiger partial charge in [0, 0.05) is 18.4 Å². The average Bonchev–Trinajstić information content (AvgIpc) is 2.90. The molecule has 2 aliphatic carbocycles. The summed E-state index contributed by atoms with van der Waals surface area (Å²) in [5, 5.41) is 0. The molecule has 0 amide bonds. The molecule has 3 rings (SSSR count). The molecule has 2 saturated carbocycles. The Hall–Kier alpha value is -0.990. The van der Waals surface area contributed by atoms with Gasteiger partial charge in [-0.15, -0.1) is 0 Å². The number of aromatic nitrogens is 2. The van der Waals surface area contributed by atoms with Gasteiger partial charge in [0.2, 0.25) is 0 Å². The molecule has 0 atom stereocenters. The fourth-order valence-corrected chi connectivity index (χ4v) is 3.15. The highest BCUT2D eigenvalue weighted by atomic mass is 15.2. The third-order valence-corrected chi connectivity index (χ3v) is 4.18. The Bertz CT molecular complexity index is 398. The Morgan fingerprint density at radius 1 is 1.24 bits per heavy atom. The van der Waals surface area contributed by atoms with E-state index < -0.39 is 0 Å². The molecule has 3 nitrogen and oxygen atoms in total. The predicted molar refractivity (Wildman–Crippen MR) is 70.1 cm³/mol. The molecule has 0 spiro atoms. The minimum Gasteiger partial charge on any atom is -0.384 e. The van der Waals surface area contributed by atoms with Crippen LogP contribution in [-0.4, -0.2) is 9.55 Å². The summed E-state index contributed by atoms with van der Waals surface area (Å²) >= 11 is 0. The maximum atomic E-state index is 6.36. The van der Waals surface area contributed by atoms with Crippen molar-refractivity contribution in [2.75, 3.05) is 5.73 Å². The van der Waals surface area contributed by atoms with Crippen LogP contribution in [0.25, 0.3) is 0 Å². The summed E-state index contributed by atoms with van der Waals surface area (Å²) in [6.07, 6.45) is 10.1. The molecule has 1 heterocycles. The minimum atomic E-state index is 0.644. The summed E-state index contributed by atoms with van der Waals surface area (Å²) in [4.78, 5) is 4.88. The Kier molecular flexibility index (Phi) is 2.85. The van der Waals surface area contributed by atoms with Crippen LogP contribution in [0.2, 0.25) is 0 Å². The van der Waals surface area contributed by atoms with E-state index in [0.29, 0.717) is 12.0 Å². The van der Waals surface area contributed by atoms with E-state index in [1.54, 1.807) is 0 Å². The number of nitrogens with two attached hydrogens (primary N) is 1. The first-order valence-corrected chi connectivity index (χ1v) is 7.17. The lowest BCUT2D eigenvalue weighted by atomic mass is 10.0. The summed E-state index contributed by atoms with van der Waals surface area (Å²) in [5.41, 5.74) is 7.58. The molecule has 2 fully saturated rings. The largest absolute Gasteiger partial charge is 0.384 e. The lowest BCUT2D eigenvalue weighted by Crippen LogP contribution is -2.06. The lowest BCUT2D eigenvalue weighted by Gasteiger charge is -2.09. The number of aryl methyl sites for hydroxylation is 1. The van der Waals surface area contributed by atoms with E-state index in [1.165, 1.54) is 50.0 Å². The van der Waals surface area contributed by atoms with Gasteiger partial charge in [-0.1, -0.05) is 19.8 Å². The Labute approximate surface area is 103 Å². The van der Waals surface area contributed by atoms with E-state index in [4.69, 9.17) is 10.7 Å². The first kappa shape index (κ1) is 11.1. The van der Waals surface area contributed by atoms with Crippen LogP contribution in [0.3, 0.4) is 0 Å².